The number of nitrogens with two attached hydrogens (primary N) is 1. The van der Waals surface area contributed by atoms with Crippen molar-refractivity contribution in [2.24, 2.45) is 5.73 Å². The Labute approximate surface area is 141 Å². The molecule has 0 fully saturated rings. The molecular formula is C16H15FN4O2S. The van der Waals surface area contributed by atoms with E-state index in [1.807, 2.05) is 11.5 Å². The molecule has 3 rings (SSSR count). The molecule has 1 atom stereocenters. The molecule has 124 valence electrons. The summed E-state index contributed by atoms with van der Waals surface area (Å²) in [4.78, 5) is 11.9. The quantitative estimate of drug-likeness (QED) is 0.693. The Morgan fingerprint density at radius 2 is 2.08 bits per heavy atom. The van der Waals surface area contributed by atoms with Gasteiger partial charge in [-0.25, -0.2) is 4.39 Å². The van der Waals surface area contributed by atoms with Crippen LogP contribution < -0.4 is 5.73 Å². The zero-order chi connectivity index (χ0) is 17.1. The number of primary amides is 1. The van der Waals surface area contributed by atoms with Gasteiger partial charge in [0.05, 0.1) is 6.26 Å². The maximum atomic E-state index is 13.1. The molecule has 1 amide bonds. The predicted molar refractivity (Wildman–Crippen MR) is 87.6 cm³/mol. The van der Waals surface area contributed by atoms with Crippen LogP contribution in [0.1, 0.15) is 17.7 Å². The van der Waals surface area contributed by atoms with E-state index in [4.69, 9.17) is 10.2 Å². The van der Waals surface area contributed by atoms with Crippen molar-refractivity contribution in [1.82, 2.24) is 14.8 Å². The number of halogens is 1. The standard InChI is InChI=1S/C16H15FN4O2S/c1-2-21-15(12-4-3-9-23-12)19-20-16(21)24-13(14(18)22)10-5-7-11(17)8-6-10/h3-9,13H,2H2,1H3,(H2,18,22). The molecule has 0 saturated carbocycles. The number of nitrogens with zero attached hydrogens (tertiary/aromatic N) is 3. The smallest absolute Gasteiger partial charge is 0.235 e. The van der Waals surface area contributed by atoms with Crippen molar-refractivity contribution in [1.29, 1.82) is 0 Å². The highest BCUT2D eigenvalue weighted by Gasteiger charge is 2.24. The minimum atomic E-state index is -0.690. The minimum absolute atomic E-state index is 0.371. The Balaban J connectivity index is 1.93. The summed E-state index contributed by atoms with van der Waals surface area (Å²) in [6.45, 7) is 2.54. The van der Waals surface area contributed by atoms with Crippen molar-refractivity contribution < 1.29 is 13.6 Å². The summed E-state index contributed by atoms with van der Waals surface area (Å²) >= 11 is 1.18. The van der Waals surface area contributed by atoms with Crippen LogP contribution in [0, 0.1) is 5.82 Å². The molecule has 2 aromatic heterocycles. The average molecular weight is 346 g/mol. The first kappa shape index (κ1) is 16.3. The molecule has 0 radical (unpaired) electrons. The number of furan rings is 1. The number of carbonyl (C=O) groups excluding carboxylic acids is 1. The van der Waals surface area contributed by atoms with E-state index in [9.17, 15) is 9.18 Å². The molecule has 0 aliphatic rings. The van der Waals surface area contributed by atoms with Gasteiger partial charge in [0.25, 0.3) is 0 Å². The lowest BCUT2D eigenvalue weighted by atomic mass is 10.1. The normalized spacial score (nSPS) is 12.2. The van der Waals surface area contributed by atoms with Crippen LogP contribution in [0.5, 0.6) is 0 Å². The summed E-state index contributed by atoms with van der Waals surface area (Å²) in [5, 5.41) is 8.13. The predicted octanol–water partition coefficient (Wildman–Crippen LogP) is 3.02. The monoisotopic (exact) mass is 346 g/mol. The van der Waals surface area contributed by atoms with Gasteiger partial charge in [0.15, 0.2) is 16.7 Å². The van der Waals surface area contributed by atoms with Crippen molar-refractivity contribution in [3.63, 3.8) is 0 Å². The van der Waals surface area contributed by atoms with E-state index >= 15 is 0 Å². The van der Waals surface area contributed by atoms with Gasteiger partial charge >= 0.3 is 0 Å². The number of hydrogen-bond donors (Lipinski definition) is 1. The van der Waals surface area contributed by atoms with E-state index in [1.165, 1.54) is 36.0 Å². The van der Waals surface area contributed by atoms with Crippen LogP contribution in [-0.2, 0) is 11.3 Å². The number of amides is 1. The molecule has 0 saturated heterocycles. The Morgan fingerprint density at radius 3 is 2.67 bits per heavy atom. The molecular weight excluding hydrogens is 331 g/mol. The fraction of sp³-hybridized carbons (Fsp3) is 0.188. The molecule has 0 bridgehead atoms. The van der Waals surface area contributed by atoms with Gasteiger partial charge in [-0.1, -0.05) is 23.9 Å². The van der Waals surface area contributed by atoms with E-state index in [-0.39, 0.29) is 5.82 Å². The highest BCUT2D eigenvalue weighted by atomic mass is 32.2. The first-order valence-corrected chi connectivity index (χ1v) is 8.16. The summed E-state index contributed by atoms with van der Waals surface area (Å²) in [5.41, 5.74) is 6.13. The van der Waals surface area contributed by atoms with E-state index in [1.54, 1.807) is 18.4 Å². The van der Waals surface area contributed by atoms with Crippen molar-refractivity contribution in [2.45, 2.75) is 23.9 Å². The van der Waals surface area contributed by atoms with Crippen LogP contribution in [-0.4, -0.2) is 20.7 Å². The van der Waals surface area contributed by atoms with Gasteiger partial charge in [0.2, 0.25) is 5.91 Å². The minimum Gasteiger partial charge on any atom is -0.461 e. The molecule has 3 aromatic rings. The molecule has 0 aliphatic carbocycles. The average Bonchev–Trinajstić information content (AvgIpc) is 3.22. The van der Waals surface area contributed by atoms with Crippen LogP contribution in [0.2, 0.25) is 0 Å². The highest BCUT2D eigenvalue weighted by molar-refractivity contribution is 8.00. The molecule has 2 N–H and O–H groups in total. The molecule has 1 unspecified atom stereocenters. The molecule has 2 heterocycles. The molecule has 24 heavy (non-hydrogen) atoms. The summed E-state index contributed by atoms with van der Waals surface area (Å²) < 4.78 is 20.3. The summed E-state index contributed by atoms with van der Waals surface area (Å²) in [6, 6.07) is 9.22. The summed E-state index contributed by atoms with van der Waals surface area (Å²) in [5.74, 6) is 0.265. The van der Waals surface area contributed by atoms with Crippen molar-refractivity contribution in [3.8, 4) is 11.6 Å². The van der Waals surface area contributed by atoms with Crippen LogP contribution in [0.4, 0.5) is 4.39 Å². The first-order valence-electron chi connectivity index (χ1n) is 7.28. The number of aromatic nitrogens is 3. The number of rotatable bonds is 6. The molecule has 8 heteroatoms. The maximum absolute atomic E-state index is 13.1. The van der Waals surface area contributed by atoms with E-state index in [0.717, 1.165) is 0 Å². The number of benzene rings is 1. The van der Waals surface area contributed by atoms with Crippen LogP contribution in [0.25, 0.3) is 11.6 Å². The van der Waals surface area contributed by atoms with E-state index in [2.05, 4.69) is 10.2 Å². The van der Waals surface area contributed by atoms with Gasteiger partial charge in [0, 0.05) is 6.54 Å². The van der Waals surface area contributed by atoms with Gasteiger partial charge in [-0.05, 0) is 36.8 Å². The second kappa shape index (κ2) is 6.88. The van der Waals surface area contributed by atoms with Crippen LogP contribution in [0.3, 0.4) is 0 Å². The highest BCUT2D eigenvalue weighted by Crippen LogP contribution is 2.35. The first-order chi connectivity index (χ1) is 11.6. The zero-order valence-corrected chi connectivity index (χ0v) is 13.7. The maximum Gasteiger partial charge on any atom is 0.235 e. The third kappa shape index (κ3) is 3.18. The lowest BCUT2D eigenvalue weighted by Gasteiger charge is -2.13. The third-order valence-electron chi connectivity index (χ3n) is 3.43. The number of hydrogen-bond acceptors (Lipinski definition) is 5. The largest absolute Gasteiger partial charge is 0.461 e. The summed E-state index contributed by atoms with van der Waals surface area (Å²) in [7, 11) is 0. The second-order valence-corrected chi connectivity index (χ2v) is 6.05. The Morgan fingerprint density at radius 1 is 1.33 bits per heavy atom. The summed E-state index contributed by atoms with van der Waals surface area (Å²) in [6.07, 6.45) is 1.56. The number of thioether (sulfide) groups is 1. The Kier molecular flexibility index (Phi) is 4.66. The lowest BCUT2D eigenvalue weighted by molar-refractivity contribution is -0.117. The molecule has 6 nitrogen and oxygen atoms in total. The van der Waals surface area contributed by atoms with Crippen molar-refractivity contribution >= 4 is 17.7 Å². The fourth-order valence-corrected chi connectivity index (χ4v) is 3.33. The molecule has 0 spiro atoms. The lowest BCUT2D eigenvalue weighted by Crippen LogP contribution is -2.19. The molecule has 0 aliphatic heterocycles. The third-order valence-corrected chi connectivity index (χ3v) is 4.68. The number of carbonyl (C=O) groups is 1. The second-order valence-electron chi connectivity index (χ2n) is 4.98. The van der Waals surface area contributed by atoms with Crippen molar-refractivity contribution in [2.75, 3.05) is 0 Å². The van der Waals surface area contributed by atoms with Gasteiger partial charge in [-0.2, -0.15) is 0 Å². The topological polar surface area (TPSA) is 86.9 Å². The molecule has 1 aromatic carbocycles. The Hall–Kier alpha value is -2.61. The Bertz CT molecular complexity index is 830. The fourth-order valence-electron chi connectivity index (χ4n) is 2.28. The van der Waals surface area contributed by atoms with E-state index in [0.29, 0.717) is 28.8 Å². The van der Waals surface area contributed by atoms with E-state index < -0.39 is 11.2 Å². The van der Waals surface area contributed by atoms with Gasteiger partial charge in [-0.15, -0.1) is 10.2 Å². The zero-order valence-electron chi connectivity index (χ0n) is 12.8. The SMILES string of the molecule is CCn1c(SC(C(N)=O)c2ccc(F)cc2)nnc1-c1ccco1. The van der Waals surface area contributed by atoms with Gasteiger partial charge in [0.1, 0.15) is 11.1 Å². The van der Waals surface area contributed by atoms with Crippen molar-refractivity contribution in [3.05, 3.63) is 54.0 Å². The van der Waals surface area contributed by atoms with Crippen LogP contribution in [0.15, 0.2) is 52.2 Å². The van der Waals surface area contributed by atoms with Crippen LogP contribution >= 0.6 is 11.8 Å². The van der Waals surface area contributed by atoms with Gasteiger partial charge < -0.3 is 10.2 Å². The van der Waals surface area contributed by atoms with Gasteiger partial charge in [-0.3, -0.25) is 9.36 Å².